The molecule has 7 heteroatoms. The van der Waals surface area contributed by atoms with Crippen LogP contribution in [0.25, 0.3) is 0 Å². The number of fused-ring (bicyclic) bond motifs is 4. The van der Waals surface area contributed by atoms with Gasteiger partial charge in [-0.2, -0.15) is 13.2 Å². The molecule has 0 saturated heterocycles. The third-order valence-electron chi connectivity index (χ3n) is 7.82. The molecular formula is C28H24F3NO3. The van der Waals surface area contributed by atoms with E-state index in [2.05, 4.69) is 4.98 Å². The molecule has 0 amide bonds. The van der Waals surface area contributed by atoms with Crippen molar-refractivity contribution in [2.45, 2.75) is 50.3 Å². The monoisotopic (exact) mass is 479 g/mol. The maximum absolute atomic E-state index is 13.7. The van der Waals surface area contributed by atoms with Gasteiger partial charge >= 0.3 is 12.1 Å². The smallest absolute Gasteiger partial charge is 0.416 e. The summed E-state index contributed by atoms with van der Waals surface area (Å²) in [4.78, 5) is 15.7. The fourth-order valence-electron chi connectivity index (χ4n) is 6.16. The Bertz CT molecular complexity index is 1320. The van der Waals surface area contributed by atoms with Crippen molar-refractivity contribution in [3.63, 3.8) is 0 Å². The summed E-state index contributed by atoms with van der Waals surface area (Å²) in [5.74, 6) is -0.619. The van der Waals surface area contributed by atoms with Gasteiger partial charge in [0.15, 0.2) is 0 Å². The fourth-order valence-corrected chi connectivity index (χ4v) is 6.16. The highest BCUT2D eigenvalue weighted by atomic mass is 19.4. The molecule has 4 atom stereocenters. The molecule has 1 aromatic heterocycles. The molecule has 1 saturated carbocycles. The zero-order valence-corrected chi connectivity index (χ0v) is 18.9. The first kappa shape index (κ1) is 22.1. The Morgan fingerprint density at radius 3 is 2.69 bits per heavy atom. The number of aryl methyl sites for hydroxylation is 1. The molecule has 2 aromatic carbocycles. The number of hydrogen-bond donors (Lipinski definition) is 1. The predicted octanol–water partition coefficient (Wildman–Crippen LogP) is 6.12. The maximum Gasteiger partial charge on any atom is 0.416 e. The van der Waals surface area contributed by atoms with Crippen LogP contribution < -0.4 is 4.74 Å². The van der Waals surface area contributed by atoms with Crippen LogP contribution in [0.15, 0.2) is 54.7 Å². The Morgan fingerprint density at radius 1 is 1.06 bits per heavy atom. The second-order valence-corrected chi connectivity index (χ2v) is 9.83. The fraction of sp³-hybridized carbons (Fsp3) is 0.357. The number of rotatable bonds is 5. The van der Waals surface area contributed by atoms with Gasteiger partial charge in [-0.25, -0.2) is 4.98 Å². The number of carbonyl (C=O) groups is 1. The summed E-state index contributed by atoms with van der Waals surface area (Å²) < 4.78 is 47.0. The summed E-state index contributed by atoms with van der Waals surface area (Å²) in [6.07, 6.45) is 0.455. The Hall–Kier alpha value is -3.35. The van der Waals surface area contributed by atoms with Crippen LogP contribution in [0.3, 0.4) is 0 Å². The number of aliphatic carboxylic acids is 1. The lowest BCUT2D eigenvalue weighted by Gasteiger charge is -2.28. The van der Waals surface area contributed by atoms with Crippen molar-refractivity contribution in [1.29, 1.82) is 0 Å². The molecule has 0 radical (unpaired) electrons. The van der Waals surface area contributed by atoms with Crippen LogP contribution in [0.1, 0.15) is 63.6 Å². The second-order valence-electron chi connectivity index (χ2n) is 9.83. The summed E-state index contributed by atoms with van der Waals surface area (Å²) in [6, 6.07) is 13.7. The molecule has 0 aliphatic heterocycles. The van der Waals surface area contributed by atoms with Crippen LogP contribution in [-0.4, -0.2) is 16.1 Å². The number of aromatic nitrogens is 1. The average molecular weight is 479 g/mol. The highest BCUT2D eigenvalue weighted by Crippen LogP contribution is 2.61. The van der Waals surface area contributed by atoms with Gasteiger partial charge in [-0.15, -0.1) is 0 Å². The van der Waals surface area contributed by atoms with Crippen LogP contribution in [0.2, 0.25) is 0 Å². The largest absolute Gasteiger partial charge is 0.481 e. The highest BCUT2D eigenvalue weighted by molar-refractivity contribution is 5.77. The van der Waals surface area contributed by atoms with Crippen LogP contribution in [-0.2, 0) is 30.4 Å². The van der Waals surface area contributed by atoms with E-state index in [-0.39, 0.29) is 30.3 Å². The molecule has 4 nitrogen and oxygen atoms in total. The quantitative estimate of drug-likeness (QED) is 0.479. The Kier molecular flexibility index (Phi) is 5.13. The third kappa shape index (κ3) is 3.87. The van der Waals surface area contributed by atoms with E-state index in [0.29, 0.717) is 17.9 Å². The standard InChI is InChI=1S/C28H24F3NO3/c29-28(30,31)23-7-2-1-5-19(23)18-6-3-4-16-9-8-15(10-20(16)18)14-35-24-12-17-11-21-25(22(17)13-32-24)26(21)27(33)34/h1-2,5,7-10,12-13,18,21,25-26H,3-4,6,11,14H2,(H,33,34). The molecule has 3 aliphatic rings. The molecule has 3 aliphatic carbocycles. The van der Waals surface area contributed by atoms with E-state index >= 15 is 0 Å². The minimum Gasteiger partial charge on any atom is -0.481 e. The van der Waals surface area contributed by atoms with Crippen molar-refractivity contribution in [1.82, 2.24) is 4.98 Å². The summed E-state index contributed by atoms with van der Waals surface area (Å²) in [7, 11) is 0. The molecule has 1 heterocycles. The molecule has 1 fully saturated rings. The minimum absolute atomic E-state index is 0.0706. The van der Waals surface area contributed by atoms with Crippen molar-refractivity contribution < 1.29 is 27.8 Å². The van der Waals surface area contributed by atoms with Gasteiger partial charge < -0.3 is 9.84 Å². The normalized spacial score (nSPS) is 24.3. The van der Waals surface area contributed by atoms with E-state index < -0.39 is 17.7 Å². The molecule has 180 valence electrons. The van der Waals surface area contributed by atoms with Crippen molar-refractivity contribution in [3.05, 3.63) is 93.7 Å². The Morgan fingerprint density at radius 2 is 1.89 bits per heavy atom. The van der Waals surface area contributed by atoms with E-state index in [1.807, 2.05) is 24.3 Å². The van der Waals surface area contributed by atoms with E-state index in [1.165, 1.54) is 12.1 Å². The van der Waals surface area contributed by atoms with E-state index in [4.69, 9.17) is 4.74 Å². The number of alkyl halides is 3. The number of ether oxygens (including phenoxy) is 1. The zero-order valence-electron chi connectivity index (χ0n) is 18.9. The van der Waals surface area contributed by atoms with Crippen LogP contribution in [0.4, 0.5) is 13.2 Å². The first-order valence-corrected chi connectivity index (χ1v) is 11.9. The molecule has 1 N–H and O–H groups in total. The molecule has 4 unspecified atom stereocenters. The number of pyridine rings is 1. The average Bonchev–Trinajstić information content (AvgIpc) is 3.44. The van der Waals surface area contributed by atoms with Crippen LogP contribution >= 0.6 is 0 Å². The number of benzene rings is 2. The lowest BCUT2D eigenvalue weighted by Crippen LogP contribution is -2.17. The number of carboxylic acid groups (broad SMARTS) is 1. The lowest BCUT2D eigenvalue weighted by molar-refractivity contribution is -0.139. The van der Waals surface area contributed by atoms with Gasteiger partial charge in [0.05, 0.1) is 11.5 Å². The number of hydrogen-bond acceptors (Lipinski definition) is 3. The van der Waals surface area contributed by atoms with Gasteiger partial charge in [0, 0.05) is 24.1 Å². The van der Waals surface area contributed by atoms with Crippen molar-refractivity contribution in [2.75, 3.05) is 0 Å². The van der Waals surface area contributed by atoms with Crippen molar-refractivity contribution in [2.24, 2.45) is 11.8 Å². The number of carboxylic acids is 1. The van der Waals surface area contributed by atoms with Crippen LogP contribution in [0.5, 0.6) is 5.88 Å². The minimum atomic E-state index is -4.39. The molecular weight excluding hydrogens is 455 g/mol. The van der Waals surface area contributed by atoms with Gasteiger partial charge in [0.2, 0.25) is 5.88 Å². The Labute approximate surface area is 200 Å². The summed E-state index contributed by atoms with van der Waals surface area (Å²) in [5, 5.41) is 9.28. The predicted molar refractivity (Wildman–Crippen MR) is 122 cm³/mol. The van der Waals surface area contributed by atoms with E-state index in [1.54, 1.807) is 18.3 Å². The second kappa shape index (κ2) is 8.11. The van der Waals surface area contributed by atoms with Gasteiger partial charge in [-0.05, 0) is 71.0 Å². The molecule has 6 rings (SSSR count). The SMILES string of the molecule is O=C(O)C1C2Cc3cc(OCc4ccc5c(c4)C(c4ccccc4C(F)(F)F)CCC5)ncc3C21. The van der Waals surface area contributed by atoms with E-state index in [0.717, 1.165) is 47.1 Å². The zero-order chi connectivity index (χ0) is 24.3. The van der Waals surface area contributed by atoms with Gasteiger partial charge in [0.25, 0.3) is 0 Å². The van der Waals surface area contributed by atoms with Gasteiger partial charge in [-0.3, -0.25) is 4.79 Å². The molecule has 35 heavy (non-hydrogen) atoms. The molecule has 3 aromatic rings. The third-order valence-corrected chi connectivity index (χ3v) is 7.82. The lowest BCUT2D eigenvalue weighted by atomic mass is 9.77. The molecule has 0 bridgehead atoms. The molecule has 0 spiro atoms. The number of halogens is 3. The Balaban J connectivity index is 1.22. The summed E-state index contributed by atoms with van der Waals surface area (Å²) in [5.41, 5.74) is 4.78. The maximum atomic E-state index is 13.7. The number of nitrogens with zero attached hydrogens (tertiary/aromatic N) is 1. The van der Waals surface area contributed by atoms with Crippen LogP contribution in [0, 0.1) is 11.8 Å². The summed E-state index contributed by atoms with van der Waals surface area (Å²) >= 11 is 0. The van der Waals surface area contributed by atoms with E-state index in [9.17, 15) is 23.1 Å². The first-order valence-electron chi connectivity index (χ1n) is 11.9. The highest BCUT2D eigenvalue weighted by Gasteiger charge is 2.59. The van der Waals surface area contributed by atoms with Gasteiger partial charge in [0.1, 0.15) is 6.61 Å². The first-order chi connectivity index (χ1) is 16.8. The topological polar surface area (TPSA) is 59.4 Å². The van der Waals surface area contributed by atoms with Gasteiger partial charge in [-0.1, -0.05) is 36.4 Å². The summed E-state index contributed by atoms with van der Waals surface area (Å²) in [6.45, 7) is 0.261. The van der Waals surface area contributed by atoms with Crippen molar-refractivity contribution >= 4 is 5.97 Å². The van der Waals surface area contributed by atoms with Crippen molar-refractivity contribution in [3.8, 4) is 5.88 Å².